The highest BCUT2D eigenvalue weighted by Gasteiger charge is 2.03. The Balaban J connectivity index is 1.85. The predicted molar refractivity (Wildman–Crippen MR) is 80.5 cm³/mol. The van der Waals surface area contributed by atoms with Gasteiger partial charge in [0, 0.05) is 11.9 Å². The van der Waals surface area contributed by atoms with Crippen LogP contribution in [0.1, 0.15) is 5.56 Å². The van der Waals surface area contributed by atoms with Crippen molar-refractivity contribution >= 4 is 28.2 Å². The van der Waals surface area contributed by atoms with Gasteiger partial charge >= 0.3 is 0 Å². The summed E-state index contributed by atoms with van der Waals surface area (Å²) in [6.07, 6.45) is 0. The molecule has 2 aromatic carbocycles. The molecule has 0 bridgehead atoms. The van der Waals surface area contributed by atoms with Crippen molar-refractivity contribution in [1.29, 1.82) is 0 Å². The Kier molecular flexibility index (Phi) is 3.34. The predicted octanol–water partition coefficient (Wildman–Crippen LogP) is 4.50. The van der Waals surface area contributed by atoms with Gasteiger partial charge in [0.15, 0.2) is 0 Å². The molecule has 0 radical (unpaired) electrons. The van der Waals surface area contributed by atoms with E-state index in [1.54, 1.807) is 0 Å². The third-order valence-electron chi connectivity index (χ3n) is 3.01. The summed E-state index contributed by atoms with van der Waals surface area (Å²) < 4.78 is 0. The molecule has 1 aromatic heterocycles. The lowest BCUT2D eigenvalue weighted by Crippen LogP contribution is -2.01. The van der Waals surface area contributed by atoms with E-state index in [0.29, 0.717) is 5.15 Å². The van der Waals surface area contributed by atoms with E-state index in [2.05, 4.69) is 22.4 Å². The molecule has 3 aromatic rings. The topological polar surface area (TPSA) is 24.9 Å². The van der Waals surface area contributed by atoms with Crippen LogP contribution in [-0.4, -0.2) is 4.98 Å². The van der Waals surface area contributed by atoms with E-state index < -0.39 is 0 Å². The summed E-state index contributed by atoms with van der Waals surface area (Å²) in [5.74, 6) is 0.799. The zero-order chi connectivity index (χ0) is 13.1. The fraction of sp³-hybridized carbons (Fsp3) is 0.0625. The van der Waals surface area contributed by atoms with Crippen LogP contribution in [0.2, 0.25) is 5.15 Å². The molecule has 0 aliphatic rings. The quantitative estimate of drug-likeness (QED) is 0.708. The van der Waals surface area contributed by atoms with Gasteiger partial charge in [-0.05, 0) is 17.0 Å². The van der Waals surface area contributed by atoms with Gasteiger partial charge in [-0.15, -0.1) is 0 Å². The second-order valence-corrected chi connectivity index (χ2v) is 4.72. The Morgan fingerprint density at radius 2 is 1.68 bits per heavy atom. The molecule has 0 saturated carbocycles. The first-order valence-corrected chi connectivity index (χ1v) is 6.54. The van der Waals surface area contributed by atoms with Crippen LogP contribution in [0.4, 0.5) is 5.82 Å². The molecule has 0 unspecified atom stereocenters. The fourth-order valence-corrected chi connectivity index (χ4v) is 2.30. The number of hydrogen-bond donors (Lipinski definition) is 1. The highest BCUT2D eigenvalue weighted by Crippen LogP contribution is 2.24. The van der Waals surface area contributed by atoms with E-state index in [0.717, 1.165) is 23.1 Å². The second-order valence-electron chi connectivity index (χ2n) is 4.36. The Morgan fingerprint density at radius 3 is 2.53 bits per heavy atom. The molecule has 0 saturated heterocycles. The summed E-state index contributed by atoms with van der Waals surface area (Å²) >= 11 is 6.19. The van der Waals surface area contributed by atoms with Crippen LogP contribution in [0, 0.1) is 0 Å². The van der Waals surface area contributed by atoms with E-state index in [9.17, 15) is 0 Å². The van der Waals surface area contributed by atoms with Crippen molar-refractivity contribution in [1.82, 2.24) is 4.98 Å². The summed E-state index contributed by atoms with van der Waals surface area (Å²) in [7, 11) is 0. The van der Waals surface area contributed by atoms with Gasteiger partial charge in [0.25, 0.3) is 0 Å². The van der Waals surface area contributed by atoms with Crippen LogP contribution in [-0.2, 0) is 6.54 Å². The van der Waals surface area contributed by atoms with Gasteiger partial charge < -0.3 is 5.32 Å². The first-order chi connectivity index (χ1) is 9.33. The number of rotatable bonds is 3. The summed E-state index contributed by atoms with van der Waals surface area (Å²) in [6, 6.07) is 20.2. The molecule has 94 valence electrons. The number of aromatic nitrogens is 1. The molecular weight excluding hydrogens is 256 g/mol. The van der Waals surface area contributed by atoms with Crippen LogP contribution in [0.25, 0.3) is 10.8 Å². The smallest absolute Gasteiger partial charge is 0.139 e. The SMILES string of the molecule is Clc1nc(NCc2ccccc2)cc2ccccc12. The lowest BCUT2D eigenvalue weighted by molar-refractivity contribution is 1.12. The highest BCUT2D eigenvalue weighted by molar-refractivity contribution is 6.34. The molecule has 0 fully saturated rings. The second kappa shape index (κ2) is 5.29. The van der Waals surface area contributed by atoms with Gasteiger partial charge in [-0.3, -0.25) is 0 Å². The maximum absolute atomic E-state index is 6.19. The minimum absolute atomic E-state index is 0.536. The molecule has 3 rings (SSSR count). The standard InChI is InChI=1S/C16H13ClN2/c17-16-14-9-5-4-8-13(14)10-15(19-16)18-11-12-6-2-1-3-7-12/h1-10H,11H2,(H,18,19). The zero-order valence-electron chi connectivity index (χ0n) is 10.3. The highest BCUT2D eigenvalue weighted by atomic mass is 35.5. The number of hydrogen-bond acceptors (Lipinski definition) is 2. The van der Waals surface area contributed by atoms with Crippen LogP contribution >= 0.6 is 11.6 Å². The Bertz CT molecular complexity index is 695. The van der Waals surface area contributed by atoms with Gasteiger partial charge in [-0.25, -0.2) is 4.98 Å². The average molecular weight is 269 g/mol. The number of fused-ring (bicyclic) bond motifs is 1. The molecule has 0 amide bonds. The molecule has 0 spiro atoms. The van der Waals surface area contributed by atoms with Gasteiger partial charge in [0.05, 0.1) is 0 Å². The number of halogens is 1. The van der Waals surface area contributed by atoms with Gasteiger partial charge in [-0.2, -0.15) is 0 Å². The maximum Gasteiger partial charge on any atom is 0.139 e. The molecule has 1 heterocycles. The molecule has 19 heavy (non-hydrogen) atoms. The molecular formula is C16H13ClN2. The van der Waals surface area contributed by atoms with Gasteiger partial charge in [-0.1, -0.05) is 66.2 Å². The lowest BCUT2D eigenvalue weighted by atomic mass is 10.2. The minimum atomic E-state index is 0.536. The zero-order valence-corrected chi connectivity index (χ0v) is 11.1. The van der Waals surface area contributed by atoms with Gasteiger partial charge in [0.1, 0.15) is 11.0 Å². The van der Waals surface area contributed by atoms with Crippen molar-refractivity contribution in [3.8, 4) is 0 Å². The fourth-order valence-electron chi connectivity index (χ4n) is 2.04. The van der Waals surface area contributed by atoms with Crippen LogP contribution in [0.15, 0.2) is 60.7 Å². The Labute approximate surface area is 117 Å². The summed E-state index contributed by atoms with van der Waals surface area (Å²) in [4.78, 5) is 4.37. The van der Waals surface area contributed by atoms with Crippen LogP contribution < -0.4 is 5.32 Å². The molecule has 0 aliphatic carbocycles. The monoisotopic (exact) mass is 268 g/mol. The van der Waals surface area contributed by atoms with Crippen molar-refractivity contribution in [2.75, 3.05) is 5.32 Å². The van der Waals surface area contributed by atoms with Crippen molar-refractivity contribution in [2.45, 2.75) is 6.54 Å². The molecule has 3 heteroatoms. The Morgan fingerprint density at radius 1 is 0.947 bits per heavy atom. The third kappa shape index (κ3) is 2.69. The first-order valence-electron chi connectivity index (χ1n) is 6.16. The Hall–Kier alpha value is -2.06. The number of benzene rings is 2. The van der Waals surface area contributed by atoms with Crippen molar-refractivity contribution in [3.63, 3.8) is 0 Å². The summed E-state index contributed by atoms with van der Waals surface area (Å²) in [5, 5.41) is 5.91. The molecule has 0 aliphatic heterocycles. The number of nitrogens with zero attached hydrogens (tertiary/aromatic N) is 1. The average Bonchev–Trinajstić information content (AvgIpc) is 2.46. The minimum Gasteiger partial charge on any atom is -0.366 e. The summed E-state index contributed by atoms with van der Waals surface area (Å²) in [6.45, 7) is 0.739. The van der Waals surface area contributed by atoms with E-state index in [-0.39, 0.29) is 0 Å². The summed E-state index contributed by atoms with van der Waals surface area (Å²) in [5.41, 5.74) is 1.22. The van der Waals surface area contributed by atoms with Crippen molar-refractivity contribution in [3.05, 3.63) is 71.4 Å². The van der Waals surface area contributed by atoms with E-state index in [1.165, 1.54) is 5.56 Å². The number of anilines is 1. The van der Waals surface area contributed by atoms with E-state index >= 15 is 0 Å². The largest absolute Gasteiger partial charge is 0.366 e. The maximum atomic E-state index is 6.19. The van der Waals surface area contributed by atoms with Crippen LogP contribution in [0.5, 0.6) is 0 Å². The van der Waals surface area contributed by atoms with E-state index in [1.807, 2.05) is 48.5 Å². The molecule has 2 nitrogen and oxygen atoms in total. The molecule has 0 atom stereocenters. The number of pyridine rings is 1. The lowest BCUT2D eigenvalue weighted by Gasteiger charge is -2.08. The van der Waals surface area contributed by atoms with Gasteiger partial charge in [0.2, 0.25) is 0 Å². The normalized spacial score (nSPS) is 10.6. The van der Waals surface area contributed by atoms with E-state index in [4.69, 9.17) is 11.6 Å². The van der Waals surface area contributed by atoms with Crippen molar-refractivity contribution < 1.29 is 0 Å². The first kappa shape index (κ1) is 12.0. The third-order valence-corrected chi connectivity index (χ3v) is 3.30. The molecule has 1 N–H and O–H groups in total. The van der Waals surface area contributed by atoms with Crippen molar-refractivity contribution in [2.24, 2.45) is 0 Å². The number of nitrogens with one attached hydrogen (secondary N) is 1. The van der Waals surface area contributed by atoms with Crippen LogP contribution in [0.3, 0.4) is 0 Å².